The van der Waals surface area contributed by atoms with Gasteiger partial charge in [-0.05, 0) is 36.5 Å². The van der Waals surface area contributed by atoms with E-state index in [9.17, 15) is 4.39 Å². The van der Waals surface area contributed by atoms with Gasteiger partial charge in [0.2, 0.25) is 0 Å². The Labute approximate surface area is 105 Å². The van der Waals surface area contributed by atoms with Gasteiger partial charge in [-0.15, -0.1) is 0 Å². The van der Waals surface area contributed by atoms with E-state index in [0.29, 0.717) is 0 Å². The number of rotatable bonds is 2. The van der Waals surface area contributed by atoms with Gasteiger partial charge in [0.1, 0.15) is 11.6 Å². The topological polar surface area (TPSA) is 41.6 Å². The summed E-state index contributed by atoms with van der Waals surface area (Å²) in [6.07, 6.45) is 0.989. The number of hydrogen-bond donors (Lipinski definition) is 1. The van der Waals surface area contributed by atoms with Crippen molar-refractivity contribution in [2.24, 2.45) is 5.41 Å². The van der Waals surface area contributed by atoms with Crippen LogP contribution in [-0.4, -0.2) is 15.2 Å². The maximum Gasteiger partial charge on any atom is 0.161 e. The van der Waals surface area contributed by atoms with Gasteiger partial charge in [0.25, 0.3) is 0 Å². The van der Waals surface area contributed by atoms with Crippen LogP contribution in [0.1, 0.15) is 37.5 Å². The fourth-order valence-electron chi connectivity index (χ4n) is 2.89. The van der Waals surface area contributed by atoms with Crippen molar-refractivity contribution < 1.29 is 4.39 Å². The molecule has 94 valence electrons. The van der Waals surface area contributed by atoms with Crippen LogP contribution in [0, 0.1) is 18.2 Å². The Balaban J connectivity index is 2.12. The molecule has 1 aromatic heterocycles. The van der Waals surface area contributed by atoms with Crippen molar-refractivity contribution in [3.8, 4) is 0 Å². The second-order valence-corrected chi connectivity index (χ2v) is 5.72. The number of nitrogens with one attached hydrogen (secondary N) is 1. The fourth-order valence-corrected chi connectivity index (χ4v) is 2.89. The molecule has 2 aromatic rings. The van der Waals surface area contributed by atoms with Gasteiger partial charge in [-0.1, -0.05) is 26.0 Å². The first-order chi connectivity index (χ1) is 8.46. The number of nitrogens with zero attached hydrogens (tertiary/aromatic N) is 2. The van der Waals surface area contributed by atoms with Crippen molar-refractivity contribution in [2.45, 2.75) is 32.6 Å². The lowest BCUT2D eigenvalue weighted by Crippen LogP contribution is -2.18. The van der Waals surface area contributed by atoms with Crippen molar-refractivity contribution in [3.63, 3.8) is 0 Å². The molecule has 4 heteroatoms. The third-order valence-corrected chi connectivity index (χ3v) is 4.05. The van der Waals surface area contributed by atoms with E-state index in [2.05, 4.69) is 29.0 Å². The molecule has 0 spiro atoms. The molecule has 1 fully saturated rings. The minimum atomic E-state index is -0.210. The maximum absolute atomic E-state index is 13.1. The second kappa shape index (κ2) is 3.40. The molecule has 0 bridgehead atoms. The van der Waals surface area contributed by atoms with E-state index >= 15 is 0 Å². The molecule has 0 saturated heterocycles. The van der Waals surface area contributed by atoms with Crippen molar-refractivity contribution in [1.82, 2.24) is 15.2 Å². The Morgan fingerprint density at radius 1 is 1.22 bits per heavy atom. The largest absolute Gasteiger partial charge is 0.263 e. The Bertz CT molecular complexity index is 585. The molecule has 1 saturated carbocycles. The highest BCUT2D eigenvalue weighted by Gasteiger charge is 2.65. The average Bonchev–Trinajstić information content (AvgIpc) is 2.68. The third kappa shape index (κ3) is 1.41. The van der Waals surface area contributed by atoms with Gasteiger partial charge in [-0.2, -0.15) is 5.10 Å². The monoisotopic (exact) mass is 245 g/mol. The molecule has 18 heavy (non-hydrogen) atoms. The number of aromatic amines is 1. The molecule has 0 unspecified atom stereocenters. The summed E-state index contributed by atoms with van der Waals surface area (Å²) in [5.74, 6) is 1.42. The molecular formula is C14H16FN3. The van der Waals surface area contributed by atoms with Gasteiger partial charge < -0.3 is 0 Å². The smallest absolute Gasteiger partial charge is 0.161 e. The molecular weight excluding hydrogens is 229 g/mol. The van der Waals surface area contributed by atoms with Crippen LogP contribution in [0.3, 0.4) is 0 Å². The predicted molar refractivity (Wildman–Crippen MR) is 66.7 cm³/mol. The van der Waals surface area contributed by atoms with Crippen LogP contribution in [0.2, 0.25) is 0 Å². The number of aryl methyl sites for hydroxylation is 1. The molecule has 1 heterocycles. The highest BCUT2D eigenvalue weighted by Crippen LogP contribution is 2.66. The van der Waals surface area contributed by atoms with E-state index in [1.54, 1.807) is 0 Å². The molecule has 1 aliphatic carbocycles. The van der Waals surface area contributed by atoms with Gasteiger partial charge in [0.15, 0.2) is 5.82 Å². The first-order valence-electron chi connectivity index (χ1n) is 6.11. The number of aromatic nitrogens is 3. The third-order valence-electron chi connectivity index (χ3n) is 4.05. The first kappa shape index (κ1) is 11.4. The van der Waals surface area contributed by atoms with E-state index in [4.69, 9.17) is 0 Å². The molecule has 0 amide bonds. The lowest BCUT2D eigenvalue weighted by Gasteiger charge is -2.17. The lowest BCUT2D eigenvalue weighted by molar-refractivity contribution is 0.531. The van der Waals surface area contributed by atoms with E-state index in [-0.39, 0.29) is 16.6 Å². The summed E-state index contributed by atoms with van der Waals surface area (Å²) in [4.78, 5) is 4.48. The van der Waals surface area contributed by atoms with Crippen LogP contribution in [0.25, 0.3) is 0 Å². The van der Waals surface area contributed by atoms with Crippen LogP contribution < -0.4 is 0 Å². The molecule has 1 N–H and O–H groups in total. The highest BCUT2D eigenvalue weighted by molar-refractivity contribution is 5.44. The summed E-state index contributed by atoms with van der Waals surface area (Å²) < 4.78 is 13.1. The summed E-state index contributed by atoms with van der Waals surface area (Å²) in [6, 6.07) is 6.70. The highest BCUT2D eigenvalue weighted by atomic mass is 19.1. The lowest BCUT2D eigenvalue weighted by atomic mass is 9.87. The van der Waals surface area contributed by atoms with E-state index < -0.39 is 0 Å². The van der Waals surface area contributed by atoms with Gasteiger partial charge >= 0.3 is 0 Å². The van der Waals surface area contributed by atoms with Gasteiger partial charge in [-0.25, -0.2) is 9.37 Å². The average molecular weight is 245 g/mol. The van der Waals surface area contributed by atoms with Crippen LogP contribution in [0.15, 0.2) is 24.3 Å². The zero-order valence-electron chi connectivity index (χ0n) is 10.8. The van der Waals surface area contributed by atoms with Gasteiger partial charge in [0.05, 0.1) is 5.41 Å². The first-order valence-corrected chi connectivity index (χ1v) is 6.11. The van der Waals surface area contributed by atoms with Crippen molar-refractivity contribution in [2.75, 3.05) is 0 Å². The minimum absolute atomic E-state index is 0.111. The van der Waals surface area contributed by atoms with Crippen molar-refractivity contribution in [1.29, 1.82) is 0 Å². The standard InChI is InChI=1S/C14H16FN3/c1-9-16-12(18-17-9)14(8-13(14,2)3)10-4-6-11(15)7-5-10/h4-7H,8H2,1-3H3,(H,16,17,18)/t14-/m0/s1. The summed E-state index contributed by atoms with van der Waals surface area (Å²) >= 11 is 0. The van der Waals surface area contributed by atoms with Crippen LogP contribution in [0.4, 0.5) is 4.39 Å². The number of halogens is 1. The summed E-state index contributed by atoms with van der Waals surface area (Å²) in [6.45, 7) is 6.29. The zero-order chi connectivity index (χ0) is 13.0. The quantitative estimate of drug-likeness (QED) is 0.883. The van der Waals surface area contributed by atoms with Crippen LogP contribution in [-0.2, 0) is 5.41 Å². The Morgan fingerprint density at radius 2 is 1.83 bits per heavy atom. The van der Waals surface area contributed by atoms with Crippen LogP contribution in [0.5, 0.6) is 0 Å². The SMILES string of the molecule is Cc1nc([C@@]2(c3ccc(F)cc3)CC2(C)C)n[nH]1. The summed E-state index contributed by atoms with van der Waals surface area (Å²) in [5, 5.41) is 7.21. The minimum Gasteiger partial charge on any atom is -0.263 e. The van der Waals surface area contributed by atoms with Gasteiger partial charge in [0, 0.05) is 0 Å². The van der Waals surface area contributed by atoms with Gasteiger partial charge in [-0.3, -0.25) is 5.10 Å². The maximum atomic E-state index is 13.1. The molecule has 1 aromatic carbocycles. The molecule has 1 aliphatic rings. The van der Waals surface area contributed by atoms with E-state index in [0.717, 1.165) is 23.6 Å². The van der Waals surface area contributed by atoms with E-state index in [1.807, 2.05) is 19.1 Å². The molecule has 0 radical (unpaired) electrons. The van der Waals surface area contributed by atoms with Crippen molar-refractivity contribution >= 4 is 0 Å². The second-order valence-electron chi connectivity index (χ2n) is 5.72. The number of hydrogen-bond acceptors (Lipinski definition) is 2. The van der Waals surface area contributed by atoms with E-state index in [1.165, 1.54) is 12.1 Å². The predicted octanol–water partition coefficient (Wildman–Crippen LogP) is 2.97. The molecule has 0 aliphatic heterocycles. The molecule has 1 atom stereocenters. The Morgan fingerprint density at radius 3 is 2.28 bits per heavy atom. The Hall–Kier alpha value is -1.71. The van der Waals surface area contributed by atoms with Crippen LogP contribution >= 0.6 is 0 Å². The Kier molecular flexibility index (Phi) is 2.15. The number of H-pyrrole nitrogens is 1. The van der Waals surface area contributed by atoms with Crippen molar-refractivity contribution in [3.05, 3.63) is 47.3 Å². The molecule has 3 rings (SSSR count). The number of benzene rings is 1. The normalized spacial score (nSPS) is 25.1. The zero-order valence-corrected chi connectivity index (χ0v) is 10.8. The molecule has 3 nitrogen and oxygen atoms in total. The fraction of sp³-hybridized carbons (Fsp3) is 0.429. The summed E-state index contributed by atoms with van der Waals surface area (Å²) in [7, 11) is 0. The summed E-state index contributed by atoms with van der Waals surface area (Å²) in [5.41, 5.74) is 1.03.